The van der Waals surface area contributed by atoms with Gasteiger partial charge in [0.05, 0.1) is 0 Å². The van der Waals surface area contributed by atoms with E-state index in [4.69, 9.17) is 0 Å². The summed E-state index contributed by atoms with van der Waals surface area (Å²) in [5, 5.41) is 2.80. The van der Waals surface area contributed by atoms with E-state index in [1.807, 2.05) is 25.1 Å². The van der Waals surface area contributed by atoms with Crippen molar-refractivity contribution in [2.24, 2.45) is 0 Å². The summed E-state index contributed by atoms with van der Waals surface area (Å²) in [6, 6.07) is 5.73. The third-order valence-electron chi connectivity index (χ3n) is 1.52. The maximum atomic E-state index is 11.1. The normalized spacial score (nSPS) is 9.77. The van der Waals surface area contributed by atoms with Crippen LogP contribution in [0, 0.1) is 3.57 Å². The summed E-state index contributed by atoms with van der Waals surface area (Å²) in [6.07, 6.45) is 0.507. The zero-order valence-electron chi connectivity index (χ0n) is 7.10. The molecule has 2 nitrogen and oxygen atoms in total. The van der Waals surface area contributed by atoms with Crippen molar-refractivity contribution in [3.8, 4) is 0 Å². The van der Waals surface area contributed by atoms with E-state index in [2.05, 4.69) is 43.8 Å². The summed E-state index contributed by atoms with van der Waals surface area (Å²) in [4.78, 5) is 11.1. The molecule has 0 aromatic heterocycles. The first-order chi connectivity index (χ1) is 6.13. The van der Waals surface area contributed by atoms with E-state index < -0.39 is 0 Å². The average Bonchev–Trinajstić information content (AvgIpc) is 2.11. The molecule has 0 bridgehead atoms. The Labute approximate surface area is 99.4 Å². The molecule has 0 aliphatic carbocycles. The monoisotopic (exact) mass is 353 g/mol. The highest BCUT2D eigenvalue weighted by molar-refractivity contribution is 14.1. The van der Waals surface area contributed by atoms with Crippen LogP contribution in [-0.4, -0.2) is 5.91 Å². The van der Waals surface area contributed by atoms with E-state index >= 15 is 0 Å². The molecule has 13 heavy (non-hydrogen) atoms. The zero-order chi connectivity index (χ0) is 9.84. The Hall–Kier alpha value is -0.100. The largest absolute Gasteiger partial charge is 0.326 e. The number of amides is 1. The molecule has 0 aliphatic rings. The van der Waals surface area contributed by atoms with Gasteiger partial charge in [0.1, 0.15) is 0 Å². The molecule has 0 heterocycles. The number of hydrogen-bond acceptors (Lipinski definition) is 1. The van der Waals surface area contributed by atoms with E-state index in [-0.39, 0.29) is 5.91 Å². The summed E-state index contributed by atoms with van der Waals surface area (Å²) in [6.45, 7) is 1.83. The molecule has 0 fully saturated rings. The van der Waals surface area contributed by atoms with Crippen molar-refractivity contribution < 1.29 is 4.79 Å². The first-order valence-corrected chi connectivity index (χ1v) is 5.75. The van der Waals surface area contributed by atoms with Gasteiger partial charge in [-0.05, 0) is 56.7 Å². The molecule has 0 saturated carbocycles. The Balaban J connectivity index is 2.79. The highest BCUT2D eigenvalue weighted by Gasteiger charge is 2.01. The SMILES string of the molecule is CCC(=O)Nc1ccc(Br)c(I)c1. The van der Waals surface area contributed by atoms with Crippen molar-refractivity contribution in [3.05, 3.63) is 26.2 Å². The fourth-order valence-corrected chi connectivity index (χ4v) is 1.59. The molecular weight excluding hydrogens is 345 g/mol. The Bertz CT molecular complexity index is 327. The van der Waals surface area contributed by atoms with E-state index in [9.17, 15) is 4.79 Å². The summed E-state index contributed by atoms with van der Waals surface area (Å²) in [5.41, 5.74) is 0.847. The molecule has 0 unspecified atom stereocenters. The molecular formula is C9H9BrINO. The van der Waals surface area contributed by atoms with Crippen LogP contribution in [0.25, 0.3) is 0 Å². The van der Waals surface area contributed by atoms with Gasteiger partial charge in [-0.1, -0.05) is 6.92 Å². The molecule has 1 rings (SSSR count). The molecule has 0 radical (unpaired) electrons. The lowest BCUT2D eigenvalue weighted by molar-refractivity contribution is -0.115. The highest BCUT2D eigenvalue weighted by Crippen LogP contribution is 2.22. The summed E-state index contributed by atoms with van der Waals surface area (Å²) < 4.78 is 2.13. The van der Waals surface area contributed by atoms with Gasteiger partial charge in [-0.2, -0.15) is 0 Å². The second-order valence-electron chi connectivity index (χ2n) is 2.53. The maximum absolute atomic E-state index is 11.1. The number of carbonyl (C=O) groups is 1. The van der Waals surface area contributed by atoms with Crippen LogP contribution in [0.2, 0.25) is 0 Å². The summed E-state index contributed by atoms with van der Waals surface area (Å²) in [5.74, 6) is 0.0399. The molecule has 0 aliphatic heterocycles. The van der Waals surface area contributed by atoms with Crippen molar-refractivity contribution in [2.45, 2.75) is 13.3 Å². The minimum Gasteiger partial charge on any atom is -0.326 e. The van der Waals surface area contributed by atoms with Crippen LogP contribution >= 0.6 is 38.5 Å². The quantitative estimate of drug-likeness (QED) is 0.811. The standard InChI is InChI=1S/C9H9BrINO/c1-2-9(13)12-6-3-4-7(10)8(11)5-6/h3-5H,2H2,1H3,(H,12,13). The molecule has 1 aromatic rings. The highest BCUT2D eigenvalue weighted by atomic mass is 127. The number of benzene rings is 1. The predicted octanol–water partition coefficient (Wildman–Crippen LogP) is 3.40. The van der Waals surface area contributed by atoms with Gasteiger partial charge in [0.15, 0.2) is 0 Å². The van der Waals surface area contributed by atoms with Crippen LogP contribution < -0.4 is 5.32 Å². The van der Waals surface area contributed by atoms with Gasteiger partial charge >= 0.3 is 0 Å². The number of rotatable bonds is 2. The fourth-order valence-electron chi connectivity index (χ4n) is 0.823. The van der Waals surface area contributed by atoms with Crippen molar-refractivity contribution >= 4 is 50.1 Å². The third kappa shape index (κ3) is 3.27. The molecule has 1 N–H and O–H groups in total. The van der Waals surface area contributed by atoms with Crippen LogP contribution in [0.4, 0.5) is 5.69 Å². The zero-order valence-corrected chi connectivity index (χ0v) is 10.8. The van der Waals surface area contributed by atoms with Crippen LogP contribution in [0.3, 0.4) is 0 Å². The van der Waals surface area contributed by atoms with Crippen LogP contribution in [-0.2, 0) is 4.79 Å². The van der Waals surface area contributed by atoms with Crippen molar-refractivity contribution in [1.82, 2.24) is 0 Å². The Morgan fingerprint density at radius 3 is 2.85 bits per heavy atom. The van der Waals surface area contributed by atoms with Crippen LogP contribution in [0.1, 0.15) is 13.3 Å². The van der Waals surface area contributed by atoms with Crippen LogP contribution in [0.15, 0.2) is 22.7 Å². The van der Waals surface area contributed by atoms with E-state index in [1.54, 1.807) is 0 Å². The minimum atomic E-state index is 0.0399. The lowest BCUT2D eigenvalue weighted by Crippen LogP contribution is -2.09. The lowest BCUT2D eigenvalue weighted by Gasteiger charge is -2.04. The number of halogens is 2. The molecule has 4 heteroatoms. The third-order valence-corrected chi connectivity index (χ3v) is 3.85. The second kappa shape index (κ2) is 4.95. The maximum Gasteiger partial charge on any atom is 0.224 e. The number of hydrogen-bond donors (Lipinski definition) is 1. The molecule has 0 atom stereocenters. The molecule has 0 saturated heterocycles. The molecule has 1 aromatic carbocycles. The second-order valence-corrected chi connectivity index (χ2v) is 4.55. The van der Waals surface area contributed by atoms with Gasteiger partial charge in [0, 0.05) is 20.2 Å². The Kier molecular flexibility index (Phi) is 4.18. The minimum absolute atomic E-state index is 0.0399. The van der Waals surface area contributed by atoms with E-state index in [0.29, 0.717) is 6.42 Å². The summed E-state index contributed by atoms with van der Waals surface area (Å²) >= 11 is 5.60. The van der Waals surface area contributed by atoms with Gasteiger partial charge < -0.3 is 5.32 Å². The predicted molar refractivity (Wildman–Crippen MR) is 65.8 cm³/mol. The van der Waals surface area contributed by atoms with Gasteiger partial charge in [0.2, 0.25) is 5.91 Å². The molecule has 1 amide bonds. The molecule has 0 spiro atoms. The van der Waals surface area contributed by atoms with Gasteiger partial charge in [-0.15, -0.1) is 0 Å². The lowest BCUT2D eigenvalue weighted by atomic mass is 10.3. The van der Waals surface area contributed by atoms with Gasteiger partial charge in [0.25, 0.3) is 0 Å². The van der Waals surface area contributed by atoms with Gasteiger partial charge in [-0.3, -0.25) is 4.79 Å². The number of carbonyl (C=O) groups excluding carboxylic acids is 1. The number of nitrogens with one attached hydrogen (secondary N) is 1. The van der Waals surface area contributed by atoms with E-state index in [0.717, 1.165) is 13.7 Å². The number of anilines is 1. The smallest absolute Gasteiger partial charge is 0.224 e. The van der Waals surface area contributed by atoms with Gasteiger partial charge in [-0.25, -0.2) is 0 Å². The average molecular weight is 354 g/mol. The Morgan fingerprint density at radius 1 is 1.62 bits per heavy atom. The van der Waals surface area contributed by atoms with Crippen molar-refractivity contribution in [2.75, 3.05) is 5.32 Å². The first kappa shape index (κ1) is 11.0. The molecule has 70 valence electrons. The van der Waals surface area contributed by atoms with E-state index in [1.165, 1.54) is 0 Å². The van der Waals surface area contributed by atoms with Crippen LogP contribution in [0.5, 0.6) is 0 Å². The summed E-state index contributed by atoms with van der Waals surface area (Å²) in [7, 11) is 0. The first-order valence-electron chi connectivity index (χ1n) is 3.88. The fraction of sp³-hybridized carbons (Fsp3) is 0.222. The topological polar surface area (TPSA) is 29.1 Å². The van der Waals surface area contributed by atoms with Crippen molar-refractivity contribution in [1.29, 1.82) is 0 Å². The van der Waals surface area contributed by atoms with Crippen molar-refractivity contribution in [3.63, 3.8) is 0 Å². The Morgan fingerprint density at radius 2 is 2.31 bits per heavy atom.